The van der Waals surface area contributed by atoms with Gasteiger partial charge in [-0.05, 0) is 48.9 Å². The highest BCUT2D eigenvalue weighted by molar-refractivity contribution is 6.12. The molecule has 6 heteroatoms. The fourth-order valence-electron chi connectivity index (χ4n) is 3.86. The highest BCUT2D eigenvalue weighted by Gasteiger charge is 2.36. The van der Waals surface area contributed by atoms with Gasteiger partial charge in [0.1, 0.15) is 6.17 Å². The van der Waals surface area contributed by atoms with Crippen molar-refractivity contribution in [3.05, 3.63) is 77.4 Å². The second-order valence-electron chi connectivity index (χ2n) is 7.03. The number of rotatable bonds is 5. The minimum Gasteiger partial charge on any atom is -0.493 e. The number of carbonyl (C=O) groups excluding carboxylic acids is 1. The summed E-state index contributed by atoms with van der Waals surface area (Å²) < 4.78 is 16.7. The van der Waals surface area contributed by atoms with Gasteiger partial charge in [-0.3, -0.25) is 9.69 Å². The van der Waals surface area contributed by atoms with E-state index in [2.05, 4.69) is 5.32 Å². The van der Waals surface area contributed by atoms with Gasteiger partial charge >= 0.3 is 0 Å². The smallest absolute Gasteiger partial charge is 0.262 e. The van der Waals surface area contributed by atoms with Crippen LogP contribution in [0.4, 0.5) is 11.4 Å². The van der Waals surface area contributed by atoms with Gasteiger partial charge in [0.25, 0.3) is 5.91 Å². The molecule has 0 aromatic heterocycles. The summed E-state index contributed by atoms with van der Waals surface area (Å²) in [6, 6.07) is 19.1. The summed E-state index contributed by atoms with van der Waals surface area (Å²) in [5.74, 6) is 1.47. The lowest BCUT2D eigenvalue weighted by Gasteiger charge is -2.39. The molecule has 4 rings (SSSR count). The number of methoxy groups -OCH3 is 3. The Balaban J connectivity index is 1.93. The number of ether oxygens (including phenoxy) is 3. The fraction of sp³-hybridized carbons (Fsp3) is 0.208. The molecule has 0 saturated heterocycles. The van der Waals surface area contributed by atoms with Gasteiger partial charge in [0, 0.05) is 16.9 Å². The van der Waals surface area contributed by atoms with Gasteiger partial charge in [-0.1, -0.05) is 24.3 Å². The van der Waals surface area contributed by atoms with Crippen molar-refractivity contribution in [1.82, 2.24) is 0 Å². The number of hydrogen-bond acceptors (Lipinski definition) is 5. The number of nitrogens with one attached hydrogen (secondary N) is 1. The zero-order valence-corrected chi connectivity index (χ0v) is 17.4. The van der Waals surface area contributed by atoms with E-state index >= 15 is 0 Å². The molecule has 1 amide bonds. The number of para-hydroxylation sites is 1. The summed E-state index contributed by atoms with van der Waals surface area (Å²) in [7, 11) is 4.72. The van der Waals surface area contributed by atoms with Crippen LogP contribution < -0.4 is 24.4 Å². The maximum Gasteiger partial charge on any atom is 0.262 e. The van der Waals surface area contributed by atoms with E-state index in [1.165, 1.54) is 0 Å². The topological polar surface area (TPSA) is 60.0 Å². The summed E-state index contributed by atoms with van der Waals surface area (Å²) in [6.07, 6.45) is -0.496. The maximum absolute atomic E-state index is 13.6. The normalized spacial score (nSPS) is 15.3. The number of anilines is 2. The summed E-state index contributed by atoms with van der Waals surface area (Å²) in [5.41, 5.74) is 4.02. The van der Waals surface area contributed by atoms with Crippen LogP contribution in [-0.2, 0) is 0 Å². The van der Waals surface area contributed by atoms with Crippen molar-refractivity contribution in [3.63, 3.8) is 0 Å². The summed E-state index contributed by atoms with van der Waals surface area (Å²) in [6.45, 7) is 2.01. The van der Waals surface area contributed by atoms with Crippen molar-refractivity contribution in [2.24, 2.45) is 0 Å². The Morgan fingerprint density at radius 2 is 1.63 bits per heavy atom. The monoisotopic (exact) mass is 404 g/mol. The molecule has 1 atom stereocenters. The van der Waals surface area contributed by atoms with Crippen molar-refractivity contribution in [2.45, 2.75) is 13.1 Å². The molecule has 30 heavy (non-hydrogen) atoms. The van der Waals surface area contributed by atoms with Crippen molar-refractivity contribution in [1.29, 1.82) is 0 Å². The standard InChI is InChI=1S/C24H24N2O4/c1-15-8-7-9-16(14-15)26-23(25-19-11-6-5-10-17(19)24(26)27)18-12-13-20(28-2)22(30-4)21(18)29-3/h5-14,23,25H,1-4H3/t23-/m1/s1. The quantitative estimate of drug-likeness (QED) is 0.662. The van der Waals surface area contributed by atoms with Crippen molar-refractivity contribution < 1.29 is 19.0 Å². The lowest BCUT2D eigenvalue weighted by molar-refractivity contribution is 0.0974. The first-order valence-electron chi connectivity index (χ1n) is 9.63. The lowest BCUT2D eigenvalue weighted by Crippen LogP contribution is -2.43. The first-order valence-corrected chi connectivity index (χ1v) is 9.63. The second kappa shape index (κ2) is 7.99. The van der Waals surface area contributed by atoms with E-state index in [-0.39, 0.29) is 5.91 Å². The molecule has 6 nitrogen and oxygen atoms in total. The Morgan fingerprint density at radius 1 is 0.867 bits per heavy atom. The molecule has 0 bridgehead atoms. The molecule has 0 saturated carbocycles. The molecule has 1 heterocycles. The third-order valence-corrected chi connectivity index (χ3v) is 5.24. The van der Waals surface area contributed by atoms with Crippen molar-refractivity contribution in [3.8, 4) is 17.2 Å². The molecule has 0 unspecified atom stereocenters. The van der Waals surface area contributed by atoms with E-state index in [0.717, 1.165) is 22.5 Å². The number of fused-ring (bicyclic) bond motifs is 1. The maximum atomic E-state index is 13.6. The number of nitrogens with zero attached hydrogens (tertiary/aromatic N) is 1. The Bertz CT molecular complexity index is 1100. The average Bonchev–Trinajstić information content (AvgIpc) is 2.77. The Morgan fingerprint density at radius 3 is 2.33 bits per heavy atom. The first-order chi connectivity index (χ1) is 14.6. The van der Waals surface area contributed by atoms with E-state index in [1.807, 2.05) is 67.6 Å². The third-order valence-electron chi connectivity index (χ3n) is 5.24. The molecular formula is C24H24N2O4. The average molecular weight is 404 g/mol. The Kier molecular flexibility index (Phi) is 5.23. The number of hydrogen-bond donors (Lipinski definition) is 1. The van der Waals surface area contributed by atoms with Gasteiger partial charge < -0.3 is 19.5 Å². The second-order valence-corrected chi connectivity index (χ2v) is 7.03. The molecule has 0 fully saturated rings. The third kappa shape index (κ3) is 3.20. The van der Waals surface area contributed by atoms with Crippen LogP contribution in [0.25, 0.3) is 0 Å². The zero-order valence-electron chi connectivity index (χ0n) is 17.4. The van der Waals surface area contributed by atoms with Gasteiger partial charge in [0.15, 0.2) is 11.5 Å². The van der Waals surface area contributed by atoms with E-state index in [1.54, 1.807) is 26.2 Å². The molecule has 0 radical (unpaired) electrons. The minimum atomic E-state index is -0.496. The van der Waals surface area contributed by atoms with Crippen LogP contribution in [0.2, 0.25) is 0 Å². The van der Waals surface area contributed by atoms with Crippen LogP contribution in [0.3, 0.4) is 0 Å². The van der Waals surface area contributed by atoms with E-state index in [4.69, 9.17) is 14.2 Å². The van der Waals surface area contributed by atoms with Crippen LogP contribution >= 0.6 is 0 Å². The predicted octanol–water partition coefficient (Wildman–Crippen LogP) is 4.79. The van der Waals surface area contributed by atoms with Gasteiger partial charge in [-0.15, -0.1) is 0 Å². The summed E-state index contributed by atoms with van der Waals surface area (Å²) in [4.78, 5) is 15.3. The Hall–Kier alpha value is -3.67. The first kappa shape index (κ1) is 19.6. The van der Waals surface area contributed by atoms with Gasteiger partial charge in [-0.2, -0.15) is 0 Å². The molecular weight excluding hydrogens is 380 g/mol. The lowest BCUT2D eigenvalue weighted by atomic mass is 10.0. The predicted molar refractivity (Wildman–Crippen MR) is 117 cm³/mol. The highest BCUT2D eigenvalue weighted by Crippen LogP contribution is 2.46. The Labute approximate surface area is 176 Å². The molecule has 3 aromatic rings. The van der Waals surface area contributed by atoms with Crippen LogP contribution in [0, 0.1) is 6.92 Å². The fourth-order valence-corrected chi connectivity index (χ4v) is 3.86. The van der Waals surface area contributed by atoms with Crippen molar-refractivity contribution in [2.75, 3.05) is 31.5 Å². The molecule has 1 aliphatic heterocycles. The minimum absolute atomic E-state index is 0.0863. The van der Waals surface area contributed by atoms with Crippen molar-refractivity contribution >= 4 is 17.3 Å². The summed E-state index contributed by atoms with van der Waals surface area (Å²) in [5, 5.41) is 3.50. The summed E-state index contributed by atoms with van der Waals surface area (Å²) >= 11 is 0. The highest BCUT2D eigenvalue weighted by atomic mass is 16.5. The molecule has 154 valence electrons. The SMILES string of the molecule is COc1ccc([C@@H]2Nc3ccccc3C(=O)N2c2cccc(C)c2)c(OC)c1OC. The number of benzene rings is 3. The molecule has 1 N–H and O–H groups in total. The van der Waals surface area contributed by atoms with Crippen LogP contribution in [0.15, 0.2) is 60.7 Å². The van der Waals surface area contributed by atoms with Gasteiger partial charge in [0.2, 0.25) is 5.75 Å². The molecule has 0 spiro atoms. The molecule has 1 aliphatic rings. The van der Waals surface area contributed by atoms with E-state index in [0.29, 0.717) is 22.8 Å². The van der Waals surface area contributed by atoms with Crippen LogP contribution in [0.5, 0.6) is 17.2 Å². The number of aryl methyl sites for hydroxylation is 1. The number of amides is 1. The number of carbonyl (C=O) groups is 1. The van der Waals surface area contributed by atoms with Gasteiger partial charge in [-0.25, -0.2) is 0 Å². The largest absolute Gasteiger partial charge is 0.493 e. The zero-order chi connectivity index (χ0) is 21.3. The molecule has 0 aliphatic carbocycles. The van der Waals surface area contributed by atoms with Crippen LogP contribution in [0.1, 0.15) is 27.7 Å². The van der Waals surface area contributed by atoms with Gasteiger partial charge in [0.05, 0.1) is 26.9 Å². The molecule has 3 aromatic carbocycles. The van der Waals surface area contributed by atoms with Crippen LogP contribution in [-0.4, -0.2) is 27.2 Å². The van der Waals surface area contributed by atoms with E-state index < -0.39 is 6.17 Å². The van der Waals surface area contributed by atoms with E-state index in [9.17, 15) is 4.79 Å².